The Morgan fingerprint density at radius 3 is 2.70 bits per heavy atom. The molecule has 0 aromatic carbocycles. The van der Waals surface area contributed by atoms with Gasteiger partial charge in [-0.15, -0.1) is 0 Å². The van der Waals surface area contributed by atoms with Crippen LogP contribution in [-0.4, -0.2) is 69.7 Å². The van der Waals surface area contributed by atoms with Gasteiger partial charge >= 0.3 is 0 Å². The minimum atomic E-state index is 0.316. The number of pyridine rings is 1. The van der Waals surface area contributed by atoms with Crippen molar-refractivity contribution in [2.75, 3.05) is 44.2 Å². The van der Waals surface area contributed by atoms with Gasteiger partial charge in [0, 0.05) is 70.2 Å². The molecule has 30 heavy (non-hydrogen) atoms. The fourth-order valence-electron chi connectivity index (χ4n) is 4.68. The van der Waals surface area contributed by atoms with E-state index >= 15 is 0 Å². The lowest BCUT2D eigenvalue weighted by Crippen LogP contribution is -2.49. The van der Waals surface area contributed by atoms with E-state index in [1.807, 2.05) is 47.2 Å². The molecule has 1 amide bonds. The van der Waals surface area contributed by atoms with Crippen LogP contribution in [0.3, 0.4) is 0 Å². The van der Waals surface area contributed by atoms with Crippen molar-refractivity contribution < 1.29 is 4.79 Å². The molecule has 2 aliphatic rings. The summed E-state index contributed by atoms with van der Waals surface area (Å²) >= 11 is 0. The summed E-state index contributed by atoms with van der Waals surface area (Å²) in [6, 6.07) is 6.00. The molecule has 1 atom stereocenters. The Morgan fingerprint density at radius 1 is 1.17 bits per heavy atom. The van der Waals surface area contributed by atoms with Gasteiger partial charge in [0.2, 0.25) is 5.91 Å². The van der Waals surface area contributed by atoms with E-state index in [9.17, 15) is 4.79 Å². The molecule has 2 aromatic heterocycles. The van der Waals surface area contributed by atoms with Crippen LogP contribution in [0.15, 0.2) is 30.6 Å². The number of nitrogens with zero attached hydrogens (tertiary/aromatic N) is 6. The second-order valence-corrected chi connectivity index (χ2v) is 8.72. The van der Waals surface area contributed by atoms with Gasteiger partial charge in [0.25, 0.3) is 0 Å². The lowest BCUT2D eigenvalue weighted by molar-refractivity contribution is -0.131. The van der Waals surface area contributed by atoms with E-state index in [1.54, 1.807) is 0 Å². The topological polar surface area (TPSA) is 57.5 Å². The number of likely N-dealkylation sites (tertiary alicyclic amines) is 1. The molecule has 2 saturated heterocycles. The van der Waals surface area contributed by atoms with E-state index in [4.69, 9.17) is 0 Å². The van der Waals surface area contributed by atoms with Gasteiger partial charge in [-0.1, -0.05) is 6.07 Å². The van der Waals surface area contributed by atoms with Crippen molar-refractivity contribution in [1.82, 2.24) is 24.6 Å². The zero-order valence-corrected chi connectivity index (χ0v) is 18.3. The smallest absolute Gasteiger partial charge is 0.222 e. The fraction of sp³-hybridized carbons (Fsp3) is 0.609. The second-order valence-electron chi connectivity index (χ2n) is 8.72. The SMILES string of the molecule is Cc1c(CN2CCCC(CCC(=O)N3CCN(c4ccccn4)CC3)C2)cnn1C. The van der Waals surface area contributed by atoms with Crippen LogP contribution in [0.4, 0.5) is 5.82 Å². The van der Waals surface area contributed by atoms with Gasteiger partial charge in [-0.05, 0) is 50.8 Å². The summed E-state index contributed by atoms with van der Waals surface area (Å²) in [6.07, 6.45) is 7.96. The normalized spacial score (nSPS) is 20.5. The zero-order valence-electron chi connectivity index (χ0n) is 18.3. The quantitative estimate of drug-likeness (QED) is 0.732. The predicted molar refractivity (Wildman–Crippen MR) is 118 cm³/mol. The molecular formula is C23H34N6O. The molecule has 0 saturated carbocycles. The maximum absolute atomic E-state index is 12.8. The van der Waals surface area contributed by atoms with Crippen LogP contribution in [0.5, 0.6) is 0 Å². The first-order chi connectivity index (χ1) is 14.6. The van der Waals surface area contributed by atoms with Crippen molar-refractivity contribution in [1.29, 1.82) is 0 Å². The van der Waals surface area contributed by atoms with E-state index in [2.05, 4.69) is 26.8 Å². The summed E-state index contributed by atoms with van der Waals surface area (Å²) in [5.41, 5.74) is 2.57. The summed E-state index contributed by atoms with van der Waals surface area (Å²) in [6.45, 7) is 8.67. The third-order valence-corrected chi connectivity index (χ3v) is 6.71. The van der Waals surface area contributed by atoms with E-state index in [0.29, 0.717) is 18.2 Å². The maximum atomic E-state index is 12.8. The molecule has 0 spiro atoms. The van der Waals surface area contributed by atoms with Crippen LogP contribution in [-0.2, 0) is 18.4 Å². The van der Waals surface area contributed by atoms with Gasteiger partial charge < -0.3 is 9.80 Å². The molecule has 7 heteroatoms. The van der Waals surface area contributed by atoms with Crippen LogP contribution in [0.1, 0.15) is 36.9 Å². The fourth-order valence-corrected chi connectivity index (χ4v) is 4.68. The van der Waals surface area contributed by atoms with Crippen molar-refractivity contribution >= 4 is 11.7 Å². The zero-order chi connectivity index (χ0) is 20.9. The number of anilines is 1. The number of aryl methyl sites for hydroxylation is 1. The Bertz CT molecular complexity index is 827. The van der Waals surface area contributed by atoms with Crippen LogP contribution in [0.25, 0.3) is 0 Å². The molecule has 162 valence electrons. The van der Waals surface area contributed by atoms with Gasteiger partial charge in [0.1, 0.15) is 5.82 Å². The molecule has 2 fully saturated rings. The minimum absolute atomic E-state index is 0.316. The monoisotopic (exact) mass is 410 g/mol. The lowest BCUT2D eigenvalue weighted by atomic mass is 9.93. The summed E-state index contributed by atoms with van der Waals surface area (Å²) in [7, 11) is 2.00. The summed E-state index contributed by atoms with van der Waals surface area (Å²) in [5, 5.41) is 4.37. The largest absolute Gasteiger partial charge is 0.353 e. The summed E-state index contributed by atoms with van der Waals surface area (Å²) < 4.78 is 1.95. The van der Waals surface area contributed by atoms with Crippen LogP contribution in [0, 0.1) is 12.8 Å². The van der Waals surface area contributed by atoms with E-state index in [0.717, 1.165) is 58.1 Å². The predicted octanol–water partition coefficient (Wildman–Crippen LogP) is 2.46. The lowest BCUT2D eigenvalue weighted by Gasteiger charge is -2.36. The van der Waals surface area contributed by atoms with Gasteiger partial charge in [0.15, 0.2) is 0 Å². The number of carbonyl (C=O) groups excluding carboxylic acids is 1. The van der Waals surface area contributed by atoms with E-state index < -0.39 is 0 Å². The number of rotatable bonds is 6. The number of piperidine rings is 1. The molecule has 7 nitrogen and oxygen atoms in total. The molecule has 0 radical (unpaired) electrons. The molecule has 0 aliphatic carbocycles. The highest BCUT2D eigenvalue weighted by Gasteiger charge is 2.25. The van der Waals surface area contributed by atoms with Crippen molar-refractivity contribution in [2.24, 2.45) is 13.0 Å². The second kappa shape index (κ2) is 9.60. The van der Waals surface area contributed by atoms with Crippen LogP contribution in [0.2, 0.25) is 0 Å². The molecule has 0 bridgehead atoms. The van der Waals surface area contributed by atoms with E-state index in [1.165, 1.54) is 24.1 Å². The Labute approximate surface area is 179 Å². The van der Waals surface area contributed by atoms with Gasteiger partial charge in [-0.3, -0.25) is 14.4 Å². The average molecular weight is 411 g/mol. The average Bonchev–Trinajstić information content (AvgIpc) is 3.10. The molecule has 2 aromatic rings. The Hall–Kier alpha value is -2.41. The van der Waals surface area contributed by atoms with E-state index in [-0.39, 0.29) is 0 Å². The Kier molecular flexibility index (Phi) is 6.67. The van der Waals surface area contributed by atoms with Crippen molar-refractivity contribution in [2.45, 2.75) is 39.2 Å². The minimum Gasteiger partial charge on any atom is -0.353 e. The highest BCUT2D eigenvalue weighted by molar-refractivity contribution is 5.76. The highest BCUT2D eigenvalue weighted by Crippen LogP contribution is 2.24. The first-order valence-electron chi connectivity index (χ1n) is 11.2. The van der Waals surface area contributed by atoms with Crippen molar-refractivity contribution in [3.05, 3.63) is 41.9 Å². The maximum Gasteiger partial charge on any atom is 0.222 e. The third-order valence-electron chi connectivity index (χ3n) is 6.71. The molecule has 4 rings (SSSR count). The third kappa shape index (κ3) is 5.01. The molecule has 4 heterocycles. The molecule has 0 N–H and O–H groups in total. The molecular weight excluding hydrogens is 376 g/mol. The molecule has 2 aliphatic heterocycles. The van der Waals surface area contributed by atoms with Gasteiger partial charge in [0.05, 0.1) is 6.20 Å². The number of piperazine rings is 1. The number of hydrogen-bond acceptors (Lipinski definition) is 5. The first kappa shape index (κ1) is 20.8. The standard InChI is InChI=1S/C23H34N6O/c1-19-21(16-25-26(19)2)18-27-11-5-6-20(17-27)8-9-23(30)29-14-12-28(13-15-29)22-7-3-4-10-24-22/h3-4,7,10,16,20H,5-6,8-9,11-15,17-18H2,1-2H3. The van der Waals surface area contributed by atoms with Crippen LogP contribution < -0.4 is 4.90 Å². The molecule has 1 unspecified atom stereocenters. The van der Waals surface area contributed by atoms with Crippen molar-refractivity contribution in [3.63, 3.8) is 0 Å². The number of aromatic nitrogens is 3. The summed E-state index contributed by atoms with van der Waals surface area (Å²) in [5.74, 6) is 1.95. The van der Waals surface area contributed by atoms with Gasteiger partial charge in [-0.2, -0.15) is 5.10 Å². The Balaban J connectivity index is 1.21. The number of hydrogen-bond donors (Lipinski definition) is 0. The van der Waals surface area contributed by atoms with Crippen LogP contribution >= 0.6 is 0 Å². The number of carbonyl (C=O) groups is 1. The van der Waals surface area contributed by atoms with Gasteiger partial charge in [-0.25, -0.2) is 4.98 Å². The first-order valence-corrected chi connectivity index (χ1v) is 11.2. The summed E-state index contributed by atoms with van der Waals surface area (Å²) in [4.78, 5) is 24.0. The highest BCUT2D eigenvalue weighted by atomic mass is 16.2. The number of amides is 1. The Morgan fingerprint density at radius 2 is 2.00 bits per heavy atom. The van der Waals surface area contributed by atoms with Crippen molar-refractivity contribution in [3.8, 4) is 0 Å².